The van der Waals surface area contributed by atoms with Crippen molar-refractivity contribution in [1.29, 1.82) is 0 Å². The Kier molecular flexibility index (Phi) is 4.77. The quantitative estimate of drug-likeness (QED) is 0.810. The molecule has 0 radical (unpaired) electrons. The van der Waals surface area contributed by atoms with Crippen LogP contribution in [0.5, 0.6) is 0 Å². The van der Waals surface area contributed by atoms with E-state index in [4.69, 9.17) is 0 Å². The molecule has 3 rings (SSSR count). The summed E-state index contributed by atoms with van der Waals surface area (Å²) in [5, 5.41) is 4.12. The van der Waals surface area contributed by atoms with E-state index in [9.17, 15) is 4.79 Å². The molecule has 2 aromatic rings. The number of hydrogen-bond donors (Lipinski definition) is 1. The standard InChI is InChI=1S/C17H20N2OTe/c1-12(20)19-15-9-10-16(14-8-5-11-18-17(14)15)21-13-6-3-2-4-7-13/h5,8-11,13H,2-4,6-7H2,1H3,(H,19,20). The van der Waals surface area contributed by atoms with Crippen molar-refractivity contribution in [3.63, 3.8) is 0 Å². The van der Waals surface area contributed by atoms with Gasteiger partial charge in [-0.2, -0.15) is 0 Å². The summed E-state index contributed by atoms with van der Waals surface area (Å²) in [5.74, 6) is -0.0431. The Balaban J connectivity index is 1.94. The Morgan fingerprint density at radius 1 is 1.24 bits per heavy atom. The van der Waals surface area contributed by atoms with Crippen LogP contribution < -0.4 is 8.93 Å². The number of pyridine rings is 1. The summed E-state index contributed by atoms with van der Waals surface area (Å²) in [5.41, 5.74) is 1.77. The first-order valence-electron chi connectivity index (χ1n) is 7.56. The van der Waals surface area contributed by atoms with Crippen LogP contribution in [0.3, 0.4) is 0 Å². The van der Waals surface area contributed by atoms with Crippen molar-refractivity contribution < 1.29 is 4.79 Å². The van der Waals surface area contributed by atoms with E-state index in [0.29, 0.717) is 0 Å². The van der Waals surface area contributed by atoms with Crippen molar-refractivity contribution in [2.75, 3.05) is 5.32 Å². The summed E-state index contributed by atoms with van der Waals surface area (Å²) >= 11 is -0.185. The molecule has 3 nitrogen and oxygen atoms in total. The van der Waals surface area contributed by atoms with Gasteiger partial charge in [-0.15, -0.1) is 0 Å². The van der Waals surface area contributed by atoms with Gasteiger partial charge in [-0.3, -0.25) is 0 Å². The van der Waals surface area contributed by atoms with E-state index >= 15 is 0 Å². The monoisotopic (exact) mass is 398 g/mol. The van der Waals surface area contributed by atoms with E-state index in [0.717, 1.165) is 15.2 Å². The van der Waals surface area contributed by atoms with Gasteiger partial charge in [0, 0.05) is 0 Å². The van der Waals surface area contributed by atoms with E-state index in [1.54, 1.807) is 13.1 Å². The molecule has 0 bridgehead atoms. The molecule has 0 unspecified atom stereocenters. The molecular weight excluding hydrogens is 376 g/mol. The van der Waals surface area contributed by atoms with E-state index in [-0.39, 0.29) is 26.8 Å². The van der Waals surface area contributed by atoms with Gasteiger partial charge >= 0.3 is 136 Å². The first-order chi connectivity index (χ1) is 10.2. The molecule has 1 aromatic heterocycles. The Labute approximate surface area is 135 Å². The summed E-state index contributed by atoms with van der Waals surface area (Å²) in [7, 11) is 0. The van der Waals surface area contributed by atoms with Crippen LogP contribution in [-0.2, 0) is 4.79 Å². The van der Waals surface area contributed by atoms with Crippen LogP contribution in [0.1, 0.15) is 39.0 Å². The fraction of sp³-hybridized carbons (Fsp3) is 0.412. The molecule has 1 aliphatic rings. The second-order valence-corrected chi connectivity index (χ2v) is 9.40. The predicted molar refractivity (Wildman–Crippen MR) is 88.3 cm³/mol. The van der Waals surface area contributed by atoms with Gasteiger partial charge < -0.3 is 0 Å². The molecule has 0 spiro atoms. The number of hydrogen-bond acceptors (Lipinski definition) is 2. The normalized spacial score (nSPS) is 16.0. The average molecular weight is 396 g/mol. The van der Waals surface area contributed by atoms with E-state index in [2.05, 4.69) is 22.4 Å². The zero-order chi connectivity index (χ0) is 14.7. The van der Waals surface area contributed by atoms with Crippen molar-refractivity contribution in [2.45, 2.75) is 43.0 Å². The number of nitrogens with zero attached hydrogens (tertiary/aromatic N) is 1. The number of anilines is 1. The molecule has 0 atom stereocenters. The SMILES string of the molecule is CC(=O)Nc1ccc([Te]C2CCCCC2)c2cccnc12. The third kappa shape index (κ3) is 3.56. The van der Waals surface area contributed by atoms with Crippen molar-refractivity contribution in [2.24, 2.45) is 0 Å². The van der Waals surface area contributed by atoms with Crippen molar-refractivity contribution >= 4 is 47.0 Å². The number of amides is 1. The minimum atomic E-state index is -0.185. The van der Waals surface area contributed by atoms with Gasteiger partial charge in [0.15, 0.2) is 0 Å². The number of carbonyl (C=O) groups excluding carboxylic acids is 1. The van der Waals surface area contributed by atoms with E-state index in [1.165, 1.54) is 41.1 Å². The zero-order valence-electron chi connectivity index (χ0n) is 12.3. The molecule has 1 amide bonds. The van der Waals surface area contributed by atoms with Gasteiger partial charge in [-0.05, 0) is 0 Å². The number of rotatable bonds is 3. The Morgan fingerprint density at radius 3 is 2.81 bits per heavy atom. The van der Waals surface area contributed by atoms with Crippen molar-refractivity contribution in [3.8, 4) is 0 Å². The molecule has 4 heteroatoms. The molecule has 1 N–H and O–H groups in total. The van der Waals surface area contributed by atoms with Gasteiger partial charge in [-0.1, -0.05) is 0 Å². The predicted octanol–water partition coefficient (Wildman–Crippen LogP) is 3.28. The van der Waals surface area contributed by atoms with Crippen molar-refractivity contribution in [3.05, 3.63) is 30.5 Å². The summed E-state index contributed by atoms with van der Waals surface area (Å²) in [4.78, 5) is 15.8. The summed E-state index contributed by atoms with van der Waals surface area (Å²) in [6, 6.07) is 8.39. The third-order valence-electron chi connectivity index (χ3n) is 3.89. The Hall–Kier alpha value is -1.11. The van der Waals surface area contributed by atoms with Gasteiger partial charge in [0.05, 0.1) is 0 Å². The van der Waals surface area contributed by atoms with Crippen LogP contribution in [0.25, 0.3) is 10.9 Å². The Morgan fingerprint density at radius 2 is 2.05 bits per heavy atom. The van der Waals surface area contributed by atoms with Crippen molar-refractivity contribution in [1.82, 2.24) is 4.98 Å². The van der Waals surface area contributed by atoms with Gasteiger partial charge in [-0.25, -0.2) is 0 Å². The number of aromatic nitrogens is 1. The summed E-state index contributed by atoms with van der Waals surface area (Å²) in [6.07, 6.45) is 8.81. The van der Waals surface area contributed by atoms with E-state index < -0.39 is 0 Å². The summed E-state index contributed by atoms with van der Waals surface area (Å²) < 4.78 is 2.42. The van der Waals surface area contributed by atoms with Crippen LogP contribution in [-0.4, -0.2) is 31.8 Å². The maximum atomic E-state index is 11.3. The van der Waals surface area contributed by atoms with E-state index in [1.807, 2.05) is 12.1 Å². The fourth-order valence-electron chi connectivity index (χ4n) is 2.90. The topological polar surface area (TPSA) is 42.0 Å². The van der Waals surface area contributed by atoms with Gasteiger partial charge in [0.2, 0.25) is 0 Å². The molecule has 1 fully saturated rings. The Bertz CT molecular complexity index is 650. The van der Waals surface area contributed by atoms with Gasteiger partial charge in [0.1, 0.15) is 0 Å². The maximum absolute atomic E-state index is 11.3. The zero-order valence-corrected chi connectivity index (χ0v) is 14.6. The fourth-order valence-corrected chi connectivity index (χ4v) is 6.80. The average Bonchev–Trinajstić information content (AvgIpc) is 2.50. The molecule has 110 valence electrons. The molecule has 1 saturated carbocycles. The molecule has 0 aliphatic heterocycles. The number of benzene rings is 1. The molecule has 21 heavy (non-hydrogen) atoms. The second kappa shape index (κ2) is 6.77. The van der Waals surface area contributed by atoms with Crippen LogP contribution in [0.2, 0.25) is 3.97 Å². The second-order valence-electron chi connectivity index (χ2n) is 5.57. The van der Waals surface area contributed by atoms with Gasteiger partial charge in [0.25, 0.3) is 0 Å². The van der Waals surface area contributed by atoms with Crippen LogP contribution >= 0.6 is 0 Å². The number of carbonyl (C=O) groups is 1. The molecular formula is C17H20N2OTe. The first-order valence-corrected chi connectivity index (χ1v) is 10.1. The van der Waals surface area contributed by atoms with Crippen LogP contribution in [0, 0.1) is 0 Å². The number of nitrogens with one attached hydrogen (secondary N) is 1. The molecule has 1 heterocycles. The number of fused-ring (bicyclic) bond motifs is 1. The third-order valence-corrected chi connectivity index (χ3v) is 7.92. The molecule has 1 aliphatic carbocycles. The minimum absolute atomic E-state index is 0.0431. The first kappa shape index (κ1) is 14.8. The summed E-state index contributed by atoms with van der Waals surface area (Å²) in [6.45, 7) is 1.54. The molecule has 0 saturated heterocycles. The van der Waals surface area contributed by atoms with Crippen LogP contribution in [0.15, 0.2) is 30.5 Å². The van der Waals surface area contributed by atoms with Crippen LogP contribution in [0.4, 0.5) is 5.69 Å². The molecule has 1 aromatic carbocycles.